The highest BCUT2D eigenvalue weighted by molar-refractivity contribution is 7.14. The van der Waals surface area contributed by atoms with Crippen LogP contribution in [0.15, 0.2) is 5.38 Å². The molecule has 0 atom stereocenters. The number of carboxylic acid groups (broad SMARTS) is 1. The van der Waals surface area contributed by atoms with Crippen molar-refractivity contribution in [3.8, 4) is 5.88 Å². The average Bonchev–Trinajstić information content (AvgIpc) is 2.31. The predicted octanol–water partition coefficient (Wildman–Crippen LogP) is 1.26. The molecule has 1 N–H and O–H groups in total. The molecule has 0 saturated heterocycles. The summed E-state index contributed by atoms with van der Waals surface area (Å²) >= 11 is 6.65. The van der Waals surface area contributed by atoms with Crippen molar-refractivity contribution >= 4 is 28.9 Å². The molecule has 1 aromatic rings. The number of ether oxygens (including phenoxy) is 1. The summed E-state index contributed by atoms with van der Waals surface area (Å²) in [5.41, 5.74) is 0. The Morgan fingerprint density at radius 1 is 1.91 bits per heavy atom. The van der Waals surface area contributed by atoms with Gasteiger partial charge in [-0.2, -0.15) is 4.98 Å². The maximum atomic E-state index is 10.00. The fraction of sp³-hybridized carbons (Fsp3) is 0.200. The lowest BCUT2D eigenvalue weighted by atomic mass is 10.7. The van der Waals surface area contributed by atoms with Crippen LogP contribution >= 0.6 is 22.9 Å². The second-order valence-electron chi connectivity index (χ2n) is 1.62. The van der Waals surface area contributed by atoms with Gasteiger partial charge in [-0.15, -0.1) is 11.3 Å². The van der Waals surface area contributed by atoms with Crippen LogP contribution in [0, 0.1) is 0 Å². The Morgan fingerprint density at radius 2 is 2.64 bits per heavy atom. The van der Waals surface area contributed by atoms with Gasteiger partial charge < -0.3 is 9.84 Å². The van der Waals surface area contributed by atoms with E-state index < -0.39 is 5.97 Å². The number of carbonyl (C=O) groups is 1. The molecule has 1 heterocycles. The average molecular weight is 194 g/mol. The molecule has 0 unspecified atom stereocenters. The maximum absolute atomic E-state index is 10.00. The minimum Gasteiger partial charge on any atom is -0.479 e. The summed E-state index contributed by atoms with van der Waals surface area (Å²) < 4.78 is 5.04. The van der Waals surface area contributed by atoms with E-state index in [0.717, 1.165) is 0 Å². The van der Waals surface area contributed by atoms with Crippen molar-refractivity contribution in [3.05, 3.63) is 9.85 Å². The van der Waals surface area contributed by atoms with E-state index in [1.807, 2.05) is 0 Å². The molecule has 0 aliphatic rings. The Labute approximate surface area is 71.4 Å². The van der Waals surface area contributed by atoms with Crippen LogP contribution in [0.1, 0.15) is 0 Å². The number of rotatable bonds is 3. The highest BCUT2D eigenvalue weighted by Gasteiger charge is 2.02. The molecule has 6 heteroatoms. The number of thiazole rings is 1. The molecule has 1 aromatic heterocycles. The van der Waals surface area contributed by atoms with E-state index in [1.54, 1.807) is 5.38 Å². The van der Waals surface area contributed by atoms with Crippen molar-refractivity contribution in [2.24, 2.45) is 0 Å². The molecule has 0 saturated carbocycles. The first-order chi connectivity index (χ1) is 5.18. The number of aliphatic carboxylic acids is 1. The van der Waals surface area contributed by atoms with Gasteiger partial charge in [0.15, 0.2) is 11.1 Å². The summed E-state index contributed by atoms with van der Waals surface area (Å²) in [6.07, 6.45) is 0. The Hall–Kier alpha value is -0.810. The normalized spacial score (nSPS) is 9.55. The Balaban J connectivity index is 2.45. The van der Waals surface area contributed by atoms with Gasteiger partial charge in [0.25, 0.3) is 0 Å². The molecule has 0 fully saturated rings. The highest BCUT2D eigenvalue weighted by atomic mass is 35.5. The summed E-state index contributed by atoms with van der Waals surface area (Å²) in [7, 11) is 0. The molecule has 4 nitrogen and oxygen atoms in total. The lowest BCUT2D eigenvalue weighted by molar-refractivity contribution is -0.139. The van der Waals surface area contributed by atoms with E-state index in [9.17, 15) is 4.79 Å². The second-order valence-corrected chi connectivity index (χ2v) is 3.06. The Bertz CT molecular complexity index is 262. The van der Waals surface area contributed by atoms with Crippen LogP contribution in [-0.4, -0.2) is 22.7 Å². The van der Waals surface area contributed by atoms with Crippen molar-refractivity contribution in [3.63, 3.8) is 0 Å². The summed E-state index contributed by atoms with van der Waals surface area (Å²) in [5.74, 6) is -0.781. The van der Waals surface area contributed by atoms with Crippen LogP contribution < -0.4 is 4.74 Å². The van der Waals surface area contributed by atoms with Gasteiger partial charge in [-0.05, 0) is 0 Å². The topological polar surface area (TPSA) is 59.4 Å². The first-order valence-electron chi connectivity index (χ1n) is 2.64. The number of halogens is 1. The number of hydrogen-bond acceptors (Lipinski definition) is 4. The van der Waals surface area contributed by atoms with Crippen LogP contribution in [0.5, 0.6) is 5.88 Å². The zero-order chi connectivity index (χ0) is 8.27. The van der Waals surface area contributed by atoms with Gasteiger partial charge in [-0.1, -0.05) is 11.6 Å². The van der Waals surface area contributed by atoms with Gasteiger partial charge in [0.1, 0.15) is 0 Å². The van der Waals surface area contributed by atoms with E-state index in [0.29, 0.717) is 4.47 Å². The molecule has 0 bridgehead atoms. The lowest BCUT2D eigenvalue weighted by Gasteiger charge is -1.94. The van der Waals surface area contributed by atoms with Crippen molar-refractivity contribution in [1.29, 1.82) is 0 Å². The van der Waals surface area contributed by atoms with Crippen LogP contribution in [0.2, 0.25) is 4.47 Å². The van der Waals surface area contributed by atoms with E-state index in [1.165, 1.54) is 11.3 Å². The lowest BCUT2D eigenvalue weighted by Crippen LogP contribution is -2.09. The van der Waals surface area contributed by atoms with Gasteiger partial charge in [-0.3, -0.25) is 0 Å². The quantitative estimate of drug-likeness (QED) is 0.785. The van der Waals surface area contributed by atoms with Crippen LogP contribution in [0.3, 0.4) is 0 Å². The zero-order valence-electron chi connectivity index (χ0n) is 5.28. The molecule has 60 valence electrons. The van der Waals surface area contributed by atoms with Crippen LogP contribution in [-0.2, 0) is 4.79 Å². The van der Waals surface area contributed by atoms with Crippen molar-refractivity contribution in [2.75, 3.05) is 6.61 Å². The Kier molecular flexibility index (Phi) is 2.67. The second kappa shape index (κ2) is 3.54. The number of carboxylic acids is 1. The molecule has 0 aliphatic heterocycles. The molecule has 0 spiro atoms. The third-order valence-corrected chi connectivity index (χ3v) is 1.76. The minimum atomic E-state index is -1.03. The molecule has 0 radical (unpaired) electrons. The van der Waals surface area contributed by atoms with Gasteiger partial charge >= 0.3 is 5.97 Å². The Morgan fingerprint density at radius 3 is 3.09 bits per heavy atom. The molecule has 11 heavy (non-hydrogen) atoms. The van der Waals surface area contributed by atoms with Gasteiger partial charge in [0, 0.05) is 0 Å². The third kappa shape index (κ3) is 2.73. The van der Waals surface area contributed by atoms with Crippen molar-refractivity contribution in [2.45, 2.75) is 0 Å². The zero-order valence-corrected chi connectivity index (χ0v) is 6.85. The summed E-state index contributed by atoms with van der Waals surface area (Å²) in [6.45, 7) is -0.389. The molecular formula is C5H4ClNO3S. The fourth-order valence-corrected chi connectivity index (χ4v) is 1.12. The third-order valence-electron chi connectivity index (χ3n) is 0.799. The molecule has 0 aromatic carbocycles. The number of nitrogens with zero attached hydrogens (tertiary/aromatic N) is 1. The van der Waals surface area contributed by atoms with Gasteiger partial charge in [0.2, 0.25) is 5.88 Å². The molecule has 0 aliphatic carbocycles. The van der Waals surface area contributed by atoms with Crippen molar-refractivity contribution in [1.82, 2.24) is 4.98 Å². The predicted molar refractivity (Wildman–Crippen MR) is 40.3 cm³/mol. The summed E-state index contributed by atoms with van der Waals surface area (Å²) in [5, 5.41) is 9.75. The molecular weight excluding hydrogens is 190 g/mol. The van der Waals surface area contributed by atoms with Crippen molar-refractivity contribution < 1.29 is 14.6 Å². The van der Waals surface area contributed by atoms with Gasteiger partial charge in [-0.25, -0.2) is 4.79 Å². The highest BCUT2D eigenvalue weighted by Crippen LogP contribution is 2.20. The monoisotopic (exact) mass is 193 g/mol. The number of hydrogen-bond donors (Lipinski definition) is 1. The standard InChI is InChI=1S/C5H4ClNO3S/c6-5-7-3(2-11-5)10-1-4(8)9/h2H,1H2,(H,8,9). The smallest absolute Gasteiger partial charge is 0.341 e. The van der Waals surface area contributed by atoms with E-state index in [2.05, 4.69) is 4.98 Å². The van der Waals surface area contributed by atoms with E-state index >= 15 is 0 Å². The largest absolute Gasteiger partial charge is 0.479 e. The summed E-state index contributed by atoms with van der Waals surface area (Å²) in [6, 6.07) is 0. The van der Waals surface area contributed by atoms with E-state index in [4.69, 9.17) is 21.4 Å². The molecule has 1 rings (SSSR count). The van der Waals surface area contributed by atoms with E-state index in [-0.39, 0.29) is 12.5 Å². The maximum Gasteiger partial charge on any atom is 0.341 e. The molecule has 0 amide bonds. The SMILES string of the molecule is O=C(O)COc1csc(Cl)n1. The fourth-order valence-electron chi connectivity index (χ4n) is 0.440. The first-order valence-corrected chi connectivity index (χ1v) is 3.90. The summed E-state index contributed by atoms with van der Waals surface area (Å²) in [4.78, 5) is 13.7. The van der Waals surface area contributed by atoms with Crippen LogP contribution in [0.4, 0.5) is 0 Å². The van der Waals surface area contributed by atoms with Crippen LogP contribution in [0.25, 0.3) is 0 Å². The minimum absolute atomic E-state index is 0.252. The van der Waals surface area contributed by atoms with Gasteiger partial charge in [0.05, 0.1) is 5.38 Å². The first kappa shape index (κ1) is 8.29. The number of aromatic nitrogens is 1.